The van der Waals surface area contributed by atoms with Gasteiger partial charge in [0.1, 0.15) is 5.25 Å². The van der Waals surface area contributed by atoms with Crippen LogP contribution in [-0.4, -0.2) is 17.1 Å². The smallest absolute Gasteiger partial charge is 0.241 e. The highest BCUT2D eigenvalue weighted by Crippen LogP contribution is 2.42. The summed E-state index contributed by atoms with van der Waals surface area (Å²) in [4.78, 5) is 29.7. The molecule has 1 N–H and O–H groups in total. The summed E-state index contributed by atoms with van der Waals surface area (Å²) >= 11 is 1.49. The standard InChI is InChI=1S/C28H30N2O2S/c1-18-14-15-19(2)23(16-18)17-30-24-12-8-9-13-25(24)33-26(28(30)32)20(3)27(31)29-21(4)22-10-6-5-7-11-22/h5-16,20-21,26H,17H2,1-4H3,(H,29,31)/t20-,21+,26-/m0/s1. The van der Waals surface area contributed by atoms with Crippen molar-refractivity contribution >= 4 is 29.3 Å². The van der Waals surface area contributed by atoms with Gasteiger partial charge in [0.05, 0.1) is 24.2 Å². The number of para-hydroxylation sites is 1. The number of nitrogens with one attached hydrogen (secondary N) is 1. The fourth-order valence-corrected chi connectivity index (χ4v) is 5.45. The second-order valence-corrected chi connectivity index (χ2v) is 9.97. The molecule has 0 radical (unpaired) electrons. The van der Waals surface area contributed by atoms with Crippen LogP contribution in [0.3, 0.4) is 0 Å². The number of amides is 2. The lowest BCUT2D eigenvalue weighted by Gasteiger charge is -2.36. The van der Waals surface area contributed by atoms with Gasteiger partial charge in [-0.2, -0.15) is 0 Å². The molecule has 3 atom stereocenters. The van der Waals surface area contributed by atoms with Crippen LogP contribution in [0, 0.1) is 19.8 Å². The van der Waals surface area contributed by atoms with Gasteiger partial charge in [0.25, 0.3) is 0 Å². The Bertz CT molecular complexity index is 1160. The van der Waals surface area contributed by atoms with Crippen LogP contribution < -0.4 is 10.2 Å². The molecule has 3 aromatic carbocycles. The summed E-state index contributed by atoms with van der Waals surface area (Å²) in [7, 11) is 0. The van der Waals surface area contributed by atoms with Gasteiger partial charge in [0.15, 0.2) is 0 Å². The van der Waals surface area contributed by atoms with Gasteiger partial charge < -0.3 is 10.2 Å². The number of nitrogens with zero attached hydrogens (tertiary/aromatic N) is 1. The largest absolute Gasteiger partial charge is 0.349 e. The summed E-state index contributed by atoms with van der Waals surface area (Å²) in [6.45, 7) is 8.45. The number of aryl methyl sites for hydroxylation is 2. The quantitative estimate of drug-likeness (QED) is 0.506. The number of carbonyl (C=O) groups excluding carboxylic acids is 2. The maximum absolute atomic E-state index is 13.7. The van der Waals surface area contributed by atoms with E-state index in [-0.39, 0.29) is 17.9 Å². The number of benzene rings is 3. The van der Waals surface area contributed by atoms with Crippen LogP contribution in [0.1, 0.15) is 42.1 Å². The molecule has 0 bridgehead atoms. The van der Waals surface area contributed by atoms with E-state index in [1.807, 2.05) is 73.3 Å². The number of anilines is 1. The fraction of sp³-hybridized carbons (Fsp3) is 0.286. The van der Waals surface area contributed by atoms with Crippen molar-refractivity contribution < 1.29 is 9.59 Å². The Morgan fingerprint density at radius 1 is 1.00 bits per heavy atom. The van der Waals surface area contributed by atoms with E-state index in [2.05, 4.69) is 37.4 Å². The first kappa shape index (κ1) is 23.1. The van der Waals surface area contributed by atoms with Crippen LogP contribution in [-0.2, 0) is 16.1 Å². The average molecular weight is 459 g/mol. The highest BCUT2D eigenvalue weighted by atomic mass is 32.2. The van der Waals surface area contributed by atoms with Crippen molar-refractivity contribution in [2.45, 2.75) is 50.4 Å². The number of carbonyl (C=O) groups is 2. The molecule has 0 saturated carbocycles. The van der Waals surface area contributed by atoms with E-state index in [4.69, 9.17) is 0 Å². The van der Waals surface area contributed by atoms with Crippen molar-refractivity contribution in [3.63, 3.8) is 0 Å². The number of fused-ring (bicyclic) bond motifs is 1. The van der Waals surface area contributed by atoms with Crippen LogP contribution in [0.2, 0.25) is 0 Å². The van der Waals surface area contributed by atoms with Gasteiger partial charge in [-0.1, -0.05) is 73.2 Å². The molecule has 0 aromatic heterocycles. The van der Waals surface area contributed by atoms with E-state index in [1.165, 1.54) is 17.3 Å². The molecule has 0 spiro atoms. The zero-order chi connectivity index (χ0) is 23.5. The summed E-state index contributed by atoms with van der Waals surface area (Å²) in [6.07, 6.45) is 0. The third kappa shape index (κ3) is 4.98. The van der Waals surface area contributed by atoms with E-state index < -0.39 is 11.2 Å². The number of hydrogen-bond acceptors (Lipinski definition) is 3. The van der Waals surface area contributed by atoms with E-state index in [9.17, 15) is 9.59 Å². The lowest BCUT2D eigenvalue weighted by molar-refractivity contribution is -0.128. The fourth-order valence-electron chi connectivity index (χ4n) is 4.17. The van der Waals surface area contributed by atoms with Crippen LogP contribution in [0.4, 0.5) is 5.69 Å². The molecule has 5 heteroatoms. The van der Waals surface area contributed by atoms with E-state index >= 15 is 0 Å². The molecule has 170 valence electrons. The lowest BCUT2D eigenvalue weighted by Crippen LogP contribution is -2.47. The van der Waals surface area contributed by atoms with Crippen LogP contribution in [0.5, 0.6) is 0 Å². The van der Waals surface area contributed by atoms with Gasteiger partial charge in [-0.25, -0.2) is 0 Å². The number of thioether (sulfide) groups is 1. The van der Waals surface area contributed by atoms with Crippen molar-refractivity contribution in [2.75, 3.05) is 4.90 Å². The van der Waals surface area contributed by atoms with Crippen molar-refractivity contribution in [1.29, 1.82) is 0 Å². The van der Waals surface area contributed by atoms with Gasteiger partial charge in [0.2, 0.25) is 11.8 Å². The Morgan fingerprint density at radius 3 is 2.45 bits per heavy atom. The minimum atomic E-state index is -0.479. The molecule has 0 aliphatic carbocycles. The van der Waals surface area contributed by atoms with Gasteiger partial charge in [-0.05, 0) is 49.6 Å². The third-order valence-electron chi connectivity index (χ3n) is 6.28. The summed E-state index contributed by atoms with van der Waals surface area (Å²) in [5.74, 6) is -0.596. The maximum Gasteiger partial charge on any atom is 0.241 e. The molecule has 1 heterocycles. The molecule has 4 nitrogen and oxygen atoms in total. The Hall–Kier alpha value is -3.05. The zero-order valence-electron chi connectivity index (χ0n) is 19.5. The summed E-state index contributed by atoms with van der Waals surface area (Å²) in [6, 6.07) is 24.0. The predicted molar refractivity (Wildman–Crippen MR) is 135 cm³/mol. The molecular formula is C28H30N2O2S. The molecule has 4 rings (SSSR count). The highest BCUT2D eigenvalue weighted by Gasteiger charge is 2.39. The van der Waals surface area contributed by atoms with Crippen LogP contribution >= 0.6 is 11.8 Å². The Balaban J connectivity index is 1.58. The Morgan fingerprint density at radius 2 is 1.70 bits per heavy atom. The van der Waals surface area contributed by atoms with E-state index in [0.717, 1.165) is 27.3 Å². The molecule has 0 saturated heterocycles. The minimum Gasteiger partial charge on any atom is -0.349 e. The van der Waals surface area contributed by atoms with Crippen LogP contribution in [0.25, 0.3) is 0 Å². The number of hydrogen-bond donors (Lipinski definition) is 1. The molecule has 3 aromatic rings. The first-order chi connectivity index (χ1) is 15.8. The topological polar surface area (TPSA) is 49.4 Å². The van der Waals surface area contributed by atoms with Crippen LogP contribution in [0.15, 0.2) is 77.7 Å². The van der Waals surface area contributed by atoms with Gasteiger partial charge in [-0.15, -0.1) is 11.8 Å². The average Bonchev–Trinajstić information content (AvgIpc) is 2.82. The maximum atomic E-state index is 13.7. The molecule has 1 aliphatic heterocycles. The first-order valence-electron chi connectivity index (χ1n) is 11.3. The second kappa shape index (κ2) is 9.84. The molecular weight excluding hydrogens is 428 g/mol. The Kier molecular flexibility index (Phi) is 6.89. The first-order valence-corrected chi connectivity index (χ1v) is 12.2. The normalized spacial score (nSPS) is 17.3. The summed E-state index contributed by atoms with van der Waals surface area (Å²) < 4.78 is 0. The molecule has 0 unspecified atom stereocenters. The van der Waals surface area contributed by atoms with E-state index in [1.54, 1.807) is 0 Å². The summed E-state index contributed by atoms with van der Waals surface area (Å²) in [5, 5.41) is 2.62. The van der Waals surface area contributed by atoms with Crippen molar-refractivity contribution in [3.05, 3.63) is 95.1 Å². The van der Waals surface area contributed by atoms with Crippen molar-refractivity contribution in [3.8, 4) is 0 Å². The SMILES string of the molecule is Cc1ccc(C)c(CN2C(=O)[C@H]([C@H](C)C(=O)N[C@H](C)c3ccccc3)Sc3ccccc32)c1. The minimum absolute atomic E-state index is 0.0189. The third-order valence-corrected chi connectivity index (χ3v) is 7.74. The highest BCUT2D eigenvalue weighted by molar-refractivity contribution is 8.01. The van der Waals surface area contributed by atoms with Crippen molar-refractivity contribution in [1.82, 2.24) is 5.32 Å². The molecule has 33 heavy (non-hydrogen) atoms. The van der Waals surface area contributed by atoms with Crippen molar-refractivity contribution in [2.24, 2.45) is 5.92 Å². The van der Waals surface area contributed by atoms with Gasteiger partial charge >= 0.3 is 0 Å². The predicted octanol–water partition coefficient (Wildman–Crippen LogP) is 5.82. The molecule has 0 fully saturated rings. The lowest BCUT2D eigenvalue weighted by atomic mass is 10.0. The zero-order valence-corrected chi connectivity index (χ0v) is 20.4. The Labute approximate surface area is 200 Å². The molecule has 1 aliphatic rings. The molecule has 2 amide bonds. The summed E-state index contributed by atoms with van der Waals surface area (Å²) in [5.41, 5.74) is 5.40. The van der Waals surface area contributed by atoms with Gasteiger partial charge in [-0.3, -0.25) is 9.59 Å². The second-order valence-electron chi connectivity index (χ2n) is 8.79. The monoisotopic (exact) mass is 458 g/mol. The van der Waals surface area contributed by atoms with E-state index in [0.29, 0.717) is 6.54 Å². The number of rotatable bonds is 6. The van der Waals surface area contributed by atoms with Gasteiger partial charge in [0, 0.05) is 4.90 Å².